The van der Waals surface area contributed by atoms with Crippen molar-refractivity contribution in [2.75, 3.05) is 26.3 Å². The second-order valence-electron chi connectivity index (χ2n) is 3.38. The van der Waals surface area contributed by atoms with Crippen LogP contribution >= 0.6 is 0 Å². The molecule has 0 radical (unpaired) electrons. The lowest BCUT2D eigenvalue weighted by atomic mass is 9.96. The second kappa shape index (κ2) is 9.61. The summed E-state index contributed by atoms with van der Waals surface area (Å²) < 4.78 is 9.98. The summed E-state index contributed by atoms with van der Waals surface area (Å²) in [7, 11) is -0.589. The SMILES string of the molecule is CC(N)C1CNC1.CCO[SiH2]OCC. The van der Waals surface area contributed by atoms with Crippen LogP contribution in [-0.4, -0.2) is 42.4 Å². The molecule has 1 aliphatic rings. The third kappa shape index (κ3) is 7.46. The Morgan fingerprint density at radius 3 is 2.00 bits per heavy atom. The van der Waals surface area contributed by atoms with Gasteiger partial charge in [0.25, 0.3) is 0 Å². The van der Waals surface area contributed by atoms with Gasteiger partial charge in [0.05, 0.1) is 0 Å². The molecule has 1 fully saturated rings. The van der Waals surface area contributed by atoms with Gasteiger partial charge in [0.2, 0.25) is 0 Å². The Balaban J connectivity index is 0.000000241. The summed E-state index contributed by atoms with van der Waals surface area (Å²) in [5.41, 5.74) is 5.56. The van der Waals surface area contributed by atoms with Gasteiger partial charge in [-0.15, -0.1) is 0 Å². The molecule has 0 saturated carbocycles. The highest BCUT2D eigenvalue weighted by molar-refractivity contribution is 6.17. The first-order valence-corrected chi connectivity index (χ1v) is 6.49. The fourth-order valence-corrected chi connectivity index (χ4v) is 1.36. The second-order valence-corrected chi connectivity index (χ2v) is 4.43. The number of nitrogens with one attached hydrogen (secondary N) is 1. The van der Waals surface area contributed by atoms with E-state index in [0.29, 0.717) is 6.04 Å². The van der Waals surface area contributed by atoms with Crippen molar-refractivity contribution in [3.63, 3.8) is 0 Å². The van der Waals surface area contributed by atoms with Crippen molar-refractivity contribution in [3.8, 4) is 0 Å². The van der Waals surface area contributed by atoms with Crippen LogP contribution in [0.15, 0.2) is 0 Å². The summed E-state index contributed by atoms with van der Waals surface area (Å²) in [5.74, 6) is 0.750. The van der Waals surface area contributed by atoms with E-state index in [2.05, 4.69) is 12.2 Å². The van der Waals surface area contributed by atoms with Gasteiger partial charge in [0, 0.05) is 32.3 Å². The molecule has 86 valence electrons. The maximum atomic E-state index is 5.56. The summed E-state index contributed by atoms with van der Waals surface area (Å²) in [4.78, 5) is 0. The normalized spacial score (nSPS) is 18.0. The van der Waals surface area contributed by atoms with Crippen LogP contribution < -0.4 is 11.1 Å². The van der Waals surface area contributed by atoms with Crippen LogP contribution in [0.25, 0.3) is 0 Å². The van der Waals surface area contributed by atoms with E-state index in [4.69, 9.17) is 14.6 Å². The van der Waals surface area contributed by atoms with Crippen molar-refractivity contribution >= 4 is 10.0 Å². The van der Waals surface area contributed by atoms with Crippen molar-refractivity contribution < 1.29 is 8.85 Å². The summed E-state index contributed by atoms with van der Waals surface area (Å²) in [6.45, 7) is 9.86. The van der Waals surface area contributed by atoms with E-state index in [1.165, 1.54) is 0 Å². The van der Waals surface area contributed by atoms with Gasteiger partial charge in [-0.2, -0.15) is 0 Å². The Kier molecular flexibility index (Phi) is 9.64. The molecule has 1 rings (SSSR count). The van der Waals surface area contributed by atoms with Crippen LogP contribution in [0, 0.1) is 5.92 Å². The molecule has 0 amide bonds. The molecule has 0 aromatic carbocycles. The average Bonchev–Trinajstić information content (AvgIpc) is 2.02. The molecule has 0 bridgehead atoms. The van der Waals surface area contributed by atoms with Gasteiger partial charge >= 0.3 is 10.0 Å². The van der Waals surface area contributed by atoms with Crippen LogP contribution in [0.1, 0.15) is 20.8 Å². The highest BCUT2D eigenvalue weighted by Gasteiger charge is 2.19. The van der Waals surface area contributed by atoms with Gasteiger partial charge in [-0.3, -0.25) is 0 Å². The molecule has 3 N–H and O–H groups in total. The Hall–Kier alpha value is 0.0569. The minimum atomic E-state index is -0.589. The molecular formula is C9H24N2O2Si. The Bertz CT molecular complexity index is 117. The first-order chi connectivity index (χ1) is 6.72. The molecule has 5 heteroatoms. The standard InChI is InChI=1S/C5H12N2.C4H12O2Si/c1-4(6)5-2-7-3-5;1-3-5-7-6-4-2/h4-5,7H,2-3,6H2,1H3;3-4,7H2,1-2H3. The maximum absolute atomic E-state index is 5.56. The summed E-state index contributed by atoms with van der Waals surface area (Å²) in [6, 6.07) is 0.390. The molecule has 0 spiro atoms. The third-order valence-electron chi connectivity index (χ3n) is 2.13. The highest BCUT2D eigenvalue weighted by Crippen LogP contribution is 2.04. The number of nitrogens with two attached hydrogens (primary N) is 1. The molecule has 4 nitrogen and oxygen atoms in total. The van der Waals surface area contributed by atoms with Crippen LogP contribution in [0.4, 0.5) is 0 Å². The molecule has 1 aliphatic heterocycles. The molecule has 0 aromatic rings. The van der Waals surface area contributed by atoms with Crippen LogP contribution in [0.2, 0.25) is 0 Å². The van der Waals surface area contributed by atoms with E-state index in [-0.39, 0.29) is 0 Å². The number of hydrogen-bond donors (Lipinski definition) is 2. The zero-order valence-electron chi connectivity index (χ0n) is 9.58. The lowest BCUT2D eigenvalue weighted by Crippen LogP contribution is -2.50. The van der Waals surface area contributed by atoms with Gasteiger partial charge in [-0.05, 0) is 26.7 Å². The molecule has 0 aromatic heterocycles. The zero-order valence-corrected chi connectivity index (χ0v) is 11.0. The fraction of sp³-hybridized carbons (Fsp3) is 1.00. The van der Waals surface area contributed by atoms with E-state index >= 15 is 0 Å². The van der Waals surface area contributed by atoms with E-state index in [1.807, 2.05) is 13.8 Å². The predicted octanol–water partition coefficient (Wildman–Crippen LogP) is -0.389. The van der Waals surface area contributed by atoms with E-state index in [0.717, 1.165) is 32.2 Å². The Morgan fingerprint density at radius 2 is 1.86 bits per heavy atom. The monoisotopic (exact) mass is 220 g/mol. The van der Waals surface area contributed by atoms with Crippen molar-refractivity contribution in [1.82, 2.24) is 5.32 Å². The molecule has 1 saturated heterocycles. The van der Waals surface area contributed by atoms with Gasteiger partial charge < -0.3 is 19.9 Å². The first-order valence-electron chi connectivity index (χ1n) is 5.34. The maximum Gasteiger partial charge on any atom is 0.304 e. The average molecular weight is 220 g/mol. The largest absolute Gasteiger partial charge is 0.399 e. The zero-order chi connectivity index (χ0) is 10.8. The highest BCUT2D eigenvalue weighted by atomic mass is 28.3. The number of rotatable bonds is 5. The van der Waals surface area contributed by atoms with Gasteiger partial charge in [-0.25, -0.2) is 0 Å². The fourth-order valence-electron chi connectivity index (χ4n) is 0.908. The lowest BCUT2D eigenvalue weighted by molar-refractivity contribution is 0.240. The summed E-state index contributed by atoms with van der Waals surface area (Å²) in [5, 5.41) is 3.16. The molecule has 14 heavy (non-hydrogen) atoms. The first kappa shape index (κ1) is 14.1. The minimum absolute atomic E-state index is 0.390. The lowest BCUT2D eigenvalue weighted by Gasteiger charge is -2.30. The van der Waals surface area contributed by atoms with E-state index in [1.54, 1.807) is 0 Å². The Labute approximate surface area is 89.6 Å². The Morgan fingerprint density at radius 1 is 1.36 bits per heavy atom. The van der Waals surface area contributed by atoms with Crippen molar-refractivity contribution in [1.29, 1.82) is 0 Å². The van der Waals surface area contributed by atoms with Crippen LogP contribution in [-0.2, 0) is 8.85 Å². The van der Waals surface area contributed by atoms with Crippen LogP contribution in [0.5, 0.6) is 0 Å². The molecule has 0 aliphatic carbocycles. The van der Waals surface area contributed by atoms with Gasteiger partial charge in [0.15, 0.2) is 0 Å². The van der Waals surface area contributed by atoms with Crippen LogP contribution in [0.3, 0.4) is 0 Å². The van der Waals surface area contributed by atoms with E-state index in [9.17, 15) is 0 Å². The van der Waals surface area contributed by atoms with E-state index < -0.39 is 10.0 Å². The number of hydrogen-bond acceptors (Lipinski definition) is 4. The van der Waals surface area contributed by atoms with Gasteiger partial charge in [-0.1, -0.05) is 0 Å². The summed E-state index contributed by atoms with van der Waals surface area (Å²) in [6.07, 6.45) is 0. The topological polar surface area (TPSA) is 56.5 Å². The predicted molar refractivity (Wildman–Crippen MR) is 61.8 cm³/mol. The molecular weight excluding hydrogens is 196 g/mol. The minimum Gasteiger partial charge on any atom is -0.399 e. The molecule has 1 atom stereocenters. The van der Waals surface area contributed by atoms with Crippen molar-refractivity contribution in [2.45, 2.75) is 26.8 Å². The van der Waals surface area contributed by atoms with Gasteiger partial charge in [0.1, 0.15) is 0 Å². The third-order valence-corrected chi connectivity index (χ3v) is 3.28. The van der Waals surface area contributed by atoms with Crippen molar-refractivity contribution in [3.05, 3.63) is 0 Å². The van der Waals surface area contributed by atoms with Crippen molar-refractivity contribution in [2.24, 2.45) is 11.7 Å². The smallest absolute Gasteiger partial charge is 0.304 e. The molecule has 1 unspecified atom stereocenters. The quantitative estimate of drug-likeness (QED) is 0.489. The molecule has 1 heterocycles. The summed E-state index contributed by atoms with van der Waals surface area (Å²) >= 11 is 0.